The van der Waals surface area contributed by atoms with Gasteiger partial charge in [-0.3, -0.25) is 14.4 Å². The van der Waals surface area contributed by atoms with Crippen molar-refractivity contribution in [3.63, 3.8) is 0 Å². The van der Waals surface area contributed by atoms with Crippen molar-refractivity contribution < 1.29 is 23.9 Å². The van der Waals surface area contributed by atoms with Gasteiger partial charge in [-0.1, -0.05) is 90.0 Å². The third-order valence-electron chi connectivity index (χ3n) is 9.14. The van der Waals surface area contributed by atoms with Crippen molar-refractivity contribution in [1.29, 1.82) is 0 Å². The standard InChI is InChI=1S/C36H28ClNO5/c1-20-11-13-21(14-12-20)32(39)31-30(26-9-6-10-28(42-2)33(26)43-3)36(34(40)24-7-4-5-8-25(24)35(36)41)29-18-15-22-19-23(37)16-17-27(22)38(29)31/h4-19,29-31H,1-3H3/t29-,30-,31-/m1/s1. The van der Waals surface area contributed by atoms with Crippen LogP contribution in [-0.2, 0) is 0 Å². The Morgan fingerprint density at radius 2 is 1.56 bits per heavy atom. The fourth-order valence-electron chi connectivity index (χ4n) is 7.34. The Kier molecular flexibility index (Phi) is 6.29. The first kappa shape index (κ1) is 27.2. The molecule has 6 nitrogen and oxygen atoms in total. The first-order valence-electron chi connectivity index (χ1n) is 14.1. The number of halogens is 1. The smallest absolute Gasteiger partial charge is 0.185 e. The number of benzene rings is 4. The maximum atomic E-state index is 14.9. The first-order chi connectivity index (χ1) is 20.8. The van der Waals surface area contributed by atoms with Gasteiger partial charge in [0.15, 0.2) is 28.8 Å². The molecule has 7 heteroatoms. The minimum atomic E-state index is -1.65. The van der Waals surface area contributed by atoms with Crippen molar-refractivity contribution in [1.82, 2.24) is 0 Å². The summed E-state index contributed by atoms with van der Waals surface area (Å²) in [5.74, 6) is -0.912. The monoisotopic (exact) mass is 589 g/mol. The summed E-state index contributed by atoms with van der Waals surface area (Å²) in [5, 5.41) is 0.545. The molecule has 0 unspecified atom stereocenters. The molecule has 1 aliphatic carbocycles. The van der Waals surface area contributed by atoms with E-state index in [2.05, 4.69) is 0 Å². The molecule has 1 saturated heterocycles. The van der Waals surface area contributed by atoms with E-state index in [1.165, 1.54) is 14.2 Å². The van der Waals surface area contributed by atoms with Crippen LogP contribution in [0.25, 0.3) is 6.08 Å². The van der Waals surface area contributed by atoms with Gasteiger partial charge < -0.3 is 14.4 Å². The number of hydrogen-bond acceptors (Lipinski definition) is 6. The number of carbonyl (C=O) groups is 3. The number of fused-ring (bicyclic) bond motifs is 5. The molecule has 0 amide bonds. The number of carbonyl (C=O) groups excluding carboxylic acids is 3. The summed E-state index contributed by atoms with van der Waals surface area (Å²) in [4.78, 5) is 46.5. The van der Waals surface area contributed by atoms with Crippen LogP contribution in [0.5, 0.6) is 11.5 Å². The highest BCUT2D eigenvalue weighted by Crippen LogP contribution is 2.62. The molecule has 4 aromatic rings. The third-order valence-corrected chi connectivity index (χ3v) is 9.37. The highest BCUT2D eigenvalue weighted by Gasteiger charge is 2.72. The Hall–Kier alpha value is -4.68. The second kappa shape index (κ2) is 9.96. The van der Waals surface area contributed by atoms with Crippen LogP contribution in [0.3, 0.4) is 0 Å². The minimum Gasteiger partial charge on any atom is -0.493 e. The van der Waals surface area contributed by atoms with Gasteiger partial charge in [0.25, 0.3) is 0 Å². The van der Waals surface area contributed by atoms with Crippen molar-refractivity contribution in [2.45, 2.75) is 24.9 Å². The van der Waals surface area contributed by atoms with Gasteiger partial charge in [0.2, 0.25) is 0 Å². The molecular weight excluding hydrogens is 562 g/mol. The summed E-state index contributed by atoms with van der Waals surface area (Å²) in [6, 6.07) is 23.5. The van der Waals surface area contributed by atoms with Gasteiger partial charge in [0.05, 0.1) is 20.3 Å². The molecule has 214 valence electrons. The zero-order chi connectivity index (χ0) is 30.0. The number of aryl methyl sites for hydroxylation is 1. The van der Waals surface area contributed by atoms with Crippen molar-refractivity contribution in [2.24, 2.45) is 5.41 Å². The Bertz CT molecular complexity index is 1830. The number of methoxy groups -OCH3 is 2. The van der Waals surface area contributed by atoms with E-state index < -0.39 is 23.4 Å². The minimum absolute atomic E-state index is 0.204. The van der Waals surface area contributed by atoms with Crippen molar-refractivity contribution in [3.8, 4) is 11.5 Å². The molecule has 1 spiro atoms. The number of para-hydroxylation sites is 1. The third kappa shape index (κ3) is 3.69. The van der Waals surface area contributed by atoms with Crippen LogP contribution in [-0.4, -0.2) is 43.7 Å². The average molecular weight is 590 g/mol. The zero-order valence-electron chi connectivity index (χ0n) is 23.8. The lowest BCUT2D eigenvalue weighted by atomic mass is 9.64. The normalized spacial score (nSPS) is 21.0. The predicted molar refractivity (Wildman–Crippen MR) is 166 cm³/mol. The SMILES string of the molecule is COc1cccc([C@@H]2[C@H](C(=O)c3ccc(C)cc3)N3c4ccc(Cl)cc4C=C[C@@H]3C23C(=O)c2ccccc2C3=O)c1OC. The van der Waals surface area contributed by atoms with Crippen LogP contribution in [0.1, 0.15) is 53.7 Å². The second-order valence-electron chi connectivity index (χ2n) is 11.2. The number of hydrogen-bond donors (Lipinski definition) is 0. The molecule has 3 aliphatic rings. The van der Waals surface area contributed by atoms with Gasteiger partial charge in [0.1, 0.15) is 11.5 Å². The molecular formula is C36H28ClNO5. The predicted octanol–water partition coefficient (Wildman–Crippen LogP) is 6.98. The molecule has 2 aliphatic heterocycles. The van der Waals surface area contributed by atoms with E-state index in [9.17, 15) is 14.4 Å². The summed E-state index contributed by atoms with van der Waals surface area (Å²) in [7, 11) is 3.06. The lowest BCUT2D eigenvalue weighted by Gasteiger charge is -2.37. The van der Waals surface area contributed by atoms with E-state index in [0.29, 0.717) is 38.8 Å². The Balaban J connectivity index is 1.58. The number of nitrogens with zero attached hydrogens (tertiary/aromatic N) is 1. The lowest BCUT2D eigenvalue weighted by molar-refractivity contribution is 0.0664. The van der Waals surface area contributed by atoms with Crippen LogP contribution in [0.4, 0.5) is 5.69 Å². The maximum absolute atomic E-state index is 14.9. The molecule has 2 heterocycles. The number of Topliss-reactive ketones (excluding diaryl/α,β-unsaturated/α-hetero) is 3. The molecule has 7 rings (SSSR count). The van der Waals surface area contributed by atoms with E-state index in [0.717, 1.165) is 16.8 Å². The van der Waals surface area contributed by atoms with E-state index in [1.54, 1.807) is 54.6 Å². The van der Waals surface area contributed by atoms with Gasteiger partial charge >= 0.3 is 0 Å². The van der Waals surface area contributed by atoms with Crippen LogP contribution in [0, 0.1) is 12.3 Å². The molecule has 0 radical (unpaired) electrons. The highest BCUT2D eigenvalue weighted by molar-refractivity contribution is 6.33. The van der Waals surface area contributed by atoms with E-state index in [1.807, 2.05) is 54.3 Å². The number of ketones is 3. The van der Waals surface area contributed by atoms with Crippen LogP contribution in [0.15, 0.2) is 91.0 Å². The fourth-order valence-corrected chi connectivity index (χ4v) is 7.52. The summed E-state index contributed by atoms with van der Waals surface area (Å²) < 4.78 is 11.6. The van der Waals surface area contributed by atoms with Gasteiger partial charge in [-0.2, -0.15) is 0 Å². The van der Waals surface area contributed by atoms with Crippen molar-refractivity contribution in [2.75, 3.05) is 19.1 Å². The number of ether oxygens (including phenoxy) is 2. The first-order valence-corrected chi connectivity index (χ1v) is 14.5. The molecule has 0 aromatic heterocycles. The lowest BCUT2D eigenvalue weighted by Crippen LogP contribution is -2.48. The quantitative estimate of drug-likeness (QED) is 0.185. The zero-order valence-corrected chi connectivity index (χ0v) is 24.6. The van der Waals surface area contributed by atoms with E-state index in [4.69, 9.17) is 21.1 Å². The average Bonchev–Trinajstić information content (AvgIpc) is 3.46. The largest absolute Gasteiger partial charge is 0.493 e. The van der Waals surface area contributed by atoms with E-state index in [-0.39, 0.29) is 17.3 Å². The molecule has 3 atom stereocenters. The van der Waals surface area contributed by atoms with Crippen LogP contribution >= 0.6 is 11.6 Å². The van der Waals surface area contributed by atoms with Gasteiger partial charge in [-0.05, 0) is 36.8 Å². The Labute approximate surface area is 254 Å². The summed E-state index contributed by atoms with van der Waals surface area (Å²) in [6.45, 7) is 1.96. The summed E-state index contributed by atoms with van der Waals surface area (Å²) in [5.41, 5.74) is 2.65. The molecule has 43 heavy (non-hydrogen) atoms. The number of rotatable bonds is 5. The molecule has 0 N–H and O–H groups in total. The van der Waals surface area contributed by atoms with Crippen molar-refractivity contribution >= 4 is 40.7 Å². The van der Waals surface area contributed by atoms with Gasteiger partial charge in [0, 0.05) is 38.9 Å². The highest BCUT2D eigenvalue weighted by atomic mass is 35.5. The van der Waals surface area contributed by atoms with Crippen LogP contribution in [0.2, 0.25) is 5.02 Å². The van der Waals surface area contributed by atoms with Crippen molar-refractivity contribution in [3.05, 3.63) is 129 Å². The topological polar surface area (TPSA) is 72.9 Å². The molecule has 0 saturated carbocycles. The molecule has 0 bridgehead atoms. The van der Waals surface area contributed by atoms with Gasteiger partial charge in [-0.25, -0.2) is 0 Å². The number of anilines is 1. The fraction of sp³-hybridized carbons (Fsp3) is 0.194. The van der Waals surface area contributed by atoms with Crippen LogP contribution < -0.4 is 14.4 Å². The summed E-state index contributed by atoms with van der Waals surface area (Å²) >= 11 is 6.40. The summed E-state index contributed by atoms with van der Waals surface area (Å²) in [6.07, 6.45) is 3.77. The maximum Gasteiger partial charge on any atom is 0.185 e. The van der Waals surface area contributed by atoms with Gasteiger partial charge in [-0.15, -0.1) is 0 Å². The molecule has 4 aromatic carbocycles. The van der Waals surface area contributed by atoms with E-state index >= 15 is 0 Å². The second-order valence-corrected chi connectivity index (χ2v) is 11.7. The molecule has 1 fully saturated rings. The Morgan fingerprint density at radius 1 is 0.860 bits per heavy atom. The Morgan fingerprint density at radius 3 is 2.21 bits per heavy atom.